The first-order chi connectivity index (χ1) is 7.57. The molecule has 1 amide bonds. The number of hydrogen-bond acceptors (Lipinski definition) is 4. The van der Waals surface area contributed by atoms with Crippen LogP contribution in [0.4, 0.5) is 0 Å². The van der Waals surface area contributed by atoms with Crippen molar-refractivity contribution in [2.75, 3.05) is 12.8 Å². The largest absolute Gasteiger partial charge is 0.393 e. The van der Waals surface area contributed by atoms with Gasteiger partial charge in [-0.15, -0.1) is 0 Å². The van der Waals surface area contributed by atoms with Crippen LogP contribution in [0.5, 0.6) is 0 Å². The number of nitrogens with two attached hydrogens (primary N) is 1. The Kier molecular flexibility index (Phi) is 6.04. The summed E-state index contributed by atoms with van der Waals surface area (Å²) in [5.74, 6) is -0.404. The van der Waals surface area contributed by atoms with Gasteiger partial charge in [-0.25, -0.2) is 8.42 Å². The van der Waals surface area contributed by atoms with Crippen molar-refractivity contribution in [3.8, 4) is 0 Å². The SMILES string of the molecule is CC(C)N(CCC(N)=S)C(=O)C(C)S(C)(=O)=O. The van der Waals surface area contributed by atoms with Crippen LogP contribution in [0.2, 0.25) is 0 Å². The second-order valence-corrected chi connectivity index (χ2v) is 7.20. The summed E-state index contributed by atoms with van der Waals surface area (Å²) in [6.07, 6.45) is 1.46. The van der Waals surface area contributed by atoms with Gasteiger partial charge in [0.25, 0.3) is 0 Å². The van der Waals surface area contributed by atoms with Crippen LogP contribution >= 0.6 is 12.2 Å². The van der Waals surface area contributed by atoms with E-state index in [-0.39, 0.29) is 6.04 Å². The summed E-state index contributed by atoms with van der Waals surface area (Å²) in [4.78, 5) is 13.8. The number of sulfone groups is 1. The van der Waals surface area contributed by atoms with Crippen LogP contribution in [-0.4, -0.2) is 48.3 Å². The van der Waals surface area contributed by atoms with Crippen LogP contribution in [0.15, 0.2) is 0 Å². The predicted octanol–water partition coefficient (Wildman–Crippen LogP) is 0.333. The zero-order valence-corrected chi connectivity index (χ0v) is 12.3. The Labute approximate surface area is 108 Å². The zero-order valence-electron chi connectivity index (χ0n) is 10.6. The van der Waals surface area contributed by atoms with Gasteiger partial charge < -0.3 is 10.6 Å². The molecule has 0 aliphatic rings. The second-order valence-electron chi connectivity index (χ2n) is 4.31. The van der Waals surface area contributed by atoms with E-state index in [4.69, 9.17) is 18.0 Å². The smallest absolute Gasteiger partial charge is 0.240 e. The summed E-state index contributed by atoms with van der Waals surface area (Å²) in [6.45, 7) is 5.40. The molecular weight excluding hydrogens is 260 g/mol. The summed E-state index contributed by atoms with van der Waals surface area (Å²) in [6, 6.07) is -0.0824. The number of rotatable bonds is 6. The Hall–Kier alpha value is -0.690. The molecule has 1 atom stereocenters. The van der Waals surface area contributed by atoms with Gasteiger partial charge in [0.05, 0.1) is 4.99 Å². The van der Waals surface area contributed by atoms with E-state index in [1.54, 1.807) is 0 Å². The third-order valence-electron chi connectivity index (χ3n) is 2.50. The van der Waals surface area contributed by atoms with E-state index in [0.717, 1.165) is 6.26 Å². The second kappa shape index (κ2) is 6.30. The molecule has 0 radical (unpaired) electrons. The fraction of sp³-hybridized carbons (Fsp3) is 0.800. The number of amides is 1. The highest BCUT2D eigenvalue weighted by Gasteiger charge is 2.29. The molecule has 0 heterocycles. The molecule has 0 bridgehead atoms. The predicted molar refractivity (Wildman–Crippen MR) is 72.6 cm³/mol. The Morgan fingerprint density at radius 3 is 2.12 bits per heavy atom. The van der Waals surface area contributed by atoms with E-state index in [9.17, 15) is 13.2 Å². The van der Waals surface area contributed by atoms with E-state index in [1.807, 2.05) is 13.8 Å². The van der Waals surface area contributed by atoms with Crippen molar-refractivity contribution in [3.63, 3.8) is 0 Å². The molecule has 0 spiro atoms. The molecule has 0 aliphatic heterocycles. The first kappa shape index (κ1) is 16.3. The summed E-state index contributed by atoms with van der Waals surface area (Å²) in [7, 11) is -3.37. The van der Waals surface area contributed by atoms with Gasteiger partial charge >= 0.3 is 0 Å². The van der Waals surface area contributed by atoms with Crippen LogP contribution in [0.25, 0.3) is 0 Å². The molecule has 2 N–H and O–H groups in total. The topological polar surface area (TPSA) is 80.5 Å². The van der Waals surface area contributed by atoms with Crippen molar-refractivity contribution in [3.05, 3.63) is 0 Å². The van der Waals surface area contributed by atoms with Crippen molar-refractivity contribution in [1.29, 1.82) is 0 Å². The molecule has 0 saturated heterocycles. The number of carbonyl (C=O) groups excluding carboxylic acids is 1. The van der Waals surface area contributed by atoms with Crippen LogP contribution in [-0.2, 0) is 14.6 Å². The number of hydrogen-bond donors (Lipinski definition) is 1. The van der Waals surface area contributed by atoms with Crippen molar-refractivity contribution in [1.82, 2.24) is 4.90 Å². The van der Waals surface area contributed by atoms with Gasteiger partial charge in [0.15, 0.2) is 9.84 Å². The lowest BCUT2D eigenvalue weighted by Crippen LogP contribution is -2.45. The third kappa shape index (κ3) is 5.45. The third-order valence-corrected chi connectivity index (χ3v) is 4.19. The van der Waals surface area contributed by atoms with Crippen LogP contribution < -0.4 is 5.73 Å². The highest BCUT2D eigenvalue weighted by molar-refractivity contribution is 7.92. The first-order valence-corrected chi connectivity index (χ1v) is 7.71. The van der Waals surface area contributed by atoms with Gasteiger partial charge in [-0.2, -0.15) is 0 Å². The van der Waals surface area contributed by atoms with Gasteiger partial charge in [-0.1, -0.05) is 12.2 Å². The number of carbonyl (C=O) groups is 1. The van der Waals surface area contributed by atoms with Crippen LogP contribution in [0, 0.1) is 0 Å². The van der Waals surface area contributed by atoms with Crippen molar-refractivity contribution in [2.24, 2.45) is 5.73 Å². The summed E-state index contributed by atoms with van der Waals surface area (Å²) < 4.78 is 22.7. The average molecular weight is 280 g/mol. The fourth-order valence-electron chi connectivity index (χ4n) is 1.27. The zero-order chi connectivity index (χ0) is 13.8. The average Bonchev–Trinajstić information content (AvgIpc) is 2.13. The molecular formula is C10H20N2O3S2. The minimum absolute atomic E-state index is 0.0824. The maximum atomic E-state index is 12.0. The molecule has 17 heavy (non-hydrogen) atoms. The highest BCUT2D eigenvalue weighted by atomic mass is 32.2. The van der Waals surface area contributed by atoms with Crippen molar-refractivity contribution in [2.45, 2.75) is 38.5 Å². The maximum absolute atomic E-state index is 12.0. The number of nitrogens with zero attached hydrogens (tertiary/aromatic N) is 1. The Balaban J connectivity index is 4.84. The lowest BCUT2D eigenvalue weighted by Gasteiger charge is -2.28. The highest BCUT2D eigenvalue weighted by Crippen LogP contribution is 2.08. The Morgan fingerprint density at radius 2 is 1.82 bits per heavy atom. The molecule has 0 saturated carbocycles. The number of thiocarbonyl (C=S) groups is 1. The quantitative estimate of drug-likeness (QED) is 0.709. The van der Waals surface area contributed by atoms with Gasteiger partial charge in [0, 0.05) is 25.3 Å². The molecule has 0 aromatic rings. The van der Waals surface area contributed by atoms with Gasteiger partial charge in [-0.05, 0) is 20.8 Å². The van der Waals surface area contributed by atoms with E-state index >= 15 is 0 Å². The molecule has 5 nitrogen and oxygen atoms in total. The minimum atomic E-state index is -3.37. The first-order valence-electron chi connectivity index (χ1n) is 5.35. The summed E-state index contributed by atoms with van der Waals surface area (Å²) >= 11 is 4.75. The molecule has 0 aromatic heterocycles. The monoisotopic (exact) mass is 280 g/mol. The standard InChI is InChI=1S/C10H20N2O3S2/c1-7(2)12(6-5-9(11)16)10(13)8(3)17(4,14)15/h7-8H,5-6H2,1-4H3,(H2,11,16). The Morgan fingerprint density at radius 1 is 1.35 bits per heavy atom. The molecule has 0 aliphatic carbocycles. The van der Waals surface area contributed by atoms with Gasteiger partial charge in [0.2, 0.25) is 5.91 Å². The van der Waals surface area contributed by atoms with Crippen molar-refractivity contribution < 1.29 is 13.2 Å². The van der Waals surface area contributed by atoms with Gasteiger partial charge in [-0.3, -0.25) is 4.79 Å². The molecule has 0 fully saturated rings. The van der Waals surface area contributed by atoms with E-state index in [2.05, 4.69) is 0 Å². The normalized spacial score (nSPS) is 13.5. The lowest BCUT2D eigenvalue weighted by molar-refractivity contribution is -0.132. The summed E-state index contributed by atoms with van der Waals surface area (Å²) in [5, 5.41) is -1.03. The molecule has 0 aromatic carbocycles. The van der Waals surface area contributed by atoms with E-state index in [0.29, 0.717) is 18.0 Å². The van der Waals surface area contributed by atoms with Crippen LogP contribution in [0.3, 0.4) is 0 Å². The lowest BCUT2D eigenvalue weighted by atomic mass is 10.2. The van der Waals surface area contributed by atoms with E-state index in [1.165, 1.54) is 11.8 Å². The van der Waals surface area contributed by atoms with Crippen LogP contribution in [0.1, 0.15) is 27.2 Å². The molecule has 7 heteroatoms. The molecule has 0 rings (SSSR count). The minimum Gasteiger partial charge on any atom is -0.393 e. The molecule has 100 valence electrons. The summed E-state index contributed by atoms with van der Waals surface area (Å²) in [5.41, 5.74) is 5.38. The van der Waals surface area contributed by atoms with Crippen molar-refractivity contribution >= 4 is 33.0 Å². The van der Waals surface area contributed by atoms with E-state index < -0.39 is 21.0 Å². The van der Waals surface area contributed by atoms with Gasteiger partial charge in [0.1, 0.15) is 5.25 Å². The maximum Gasteiger partial charge on any atom is 0.240 e. The Bertz CT molecular complexity index is 390. The molecule has 1 unspecified atom stereocenters. The fourth-order valence-corrected chi connectivity index (χ4v) is 1.86.